The zero-order valence-electron chi connectivity index (χ0n) is 16.8. The molecular weight excluding hydrogens is 358 g/mol. The number of aryl methyl sites for hydroxylation is 1. The van der Waals surface area contributed by atoms with Crippen molar-refractivity contribution < 1.29 is 9.59 Å². The molecule has 1 aromatic heterocycles. The van der Waals surface area contributed by atoms with Crippen LogP contribution in [0.15, 0.2) is 24.3 Å². The van der Waals surface area contributed by atoms with Crippen LogP contribution in [-0.4, -0.2) is 22.8 Å². The third-order valence-corrected chi connectivity index (χ3v) is 5.44. The van der Waals surface area contributed by atoms with Gasteiger partial charge in [0.2, 0.25) is 0 Å². The Morgan fingerprint density at radius 1 is 1.19 bits per heavy atom. The van der Waals surface area contributed by atoms with Crippen molar-refractivity contribution in [2.24, 2.45) is 5.92 Å². The van der Waals surface area contributed by atoms with Crippen LogP contribution in [0.25, 0.3) is 0 Å². The van der Waals surface area contributed by atoms with Crippen molar-refractivity contribution in [3.8, 4) is 0 Å². The van der Waals surface area contributed by atoms with Crippen molar-refractivity contribution in [3.05, 3.63) is 51.0 Å². The van der Waals surface area contributed by atoms with Gasteiger partial charge in [0.1, 0.15) is 4.88 Å². The number of carbonyl (C=O) groups is 2. The number of nitrogens with one attached hydrogen (secondary N) is 2. The van der Waals surface area contributed by atoms with Crippen LogP contribution in [0.2, 0.25) is 0 Å². The van der Waals surface area contributed by atoms with Crippen molar-refractivity contribution in [2.75, 3.05) is 0 Å². The summed E-state index contributed by atoms with van der Waals surface area (Å²) < 4.78 is 0. The first-order chi connectivity index (χ1) is 12.8. The first-order valence-corrected chi connectivity index (χ1v) is 10.3. The molecule has 1 aromatic carbocycles. The minimum atomic E-state index is -0.116. The summed E-state index contributed by atoms with van der Waals surface area (Å²) in [6.45, 7) is 10.5. The van der Waals surface area contributed by atoms with Crippen LogP contribution in [0.4, 0.5) is 0 Å². The monoisotopic (exact) mass is 387 g/mol. The van der Waals surface area contributed by atoms with Crippen molar-refractivity contribution in [1.82, 2.24) is 15.6 Å². The molecule has 0 bridgehead atoms. The first kappa shape index (κ1) is 21.1. The van der Waals surface area contributed by atoms with Gasteiger partial charge >= 0.3 is 0 Å². The maximum absolute atomic E-state index is 12.5. The fourth-order valence-corrected chi connectivity index (χ4v) is 3.79. The minimum Gasteiger partial charge on any atom is -0.350 e. The van der Waals surface area contributed by atoms with E-state index in [1.54, 1.807) is 6.07 Å². The minimum absolute atomic E-state index is 0.0887. The Labute approximate surface area is 165 Å². The quantitative estimate of drug-likeness (QED) is 0.716. The summed E-state index contributed by atoms with van der Waals surface area (Å²) in [5.41, 5.74) is 2.27. The standard InChI is InChI=1S/C21H29N3O2S/c1-6-14(4)23-20(25)17-9-7-8-16(11-17)12-22-21(26)19-15(5)24-18(27-19)10-13(2)3/h7-9,11,13-14H,6,10,12H2,1-5H3,(H,22,26)(H,23,25). The third-order valence-electron chi connectivity index (χ3n) is 4.26. The van der Waals surface area contributed by atoms with Crippen LogP contribution in [0, 0.1) is 12.8 Å². The van der Waals surface area contributed by atoms with Gasteiger partial charge in [-0.25, -0.2) is 4.98 Å². The SMILES string of the molecule is CCC(C)NC(=O)c1cccc(CNC(=O)c2sc(CC(C)C)nc2C)c1. The van der Waals surface area contributed by atoms with Crippen LogP contribution in [-0.2, 0) is 13.0 Å². The number of nitrogens with zero attached hydrogens (tertiary/aromatic N) is 1. The summed E-state index contributed by atoms with van der Waals surface area (Å²) >= 11 is 1.46. The molecule has 1 heterocycles. The fraction of sp³-hybridized carbons (Fsp3) is 0.476. The number of hydrogen-bond acceptors (Lipinski definition) is 4. The highest BCUT2D eigenvalue weighted by atomic mass is 32.1. The normalized spacial score (nSPS) is 12.1. The lowest BCUT2D eigenvalue weighted by molar-refractivity contribution is 0.0937. The maximum Gasteiger partial charge on any atom is 0.263 e. The van der Waals surface area contributed by atoms with Gasteiger partial charge in [0.25, 0.3) is 11.8 Å². The lowest BCUT2D eigenvalue weighted by Gasteiger charge is -2.12. The third kappa shape index (κ3) is 6.17. The van der Waals surface area contributed by atoms with Gasteiger partial charge in [-0.2, -0.15) is 0 Å². The van der Waals surface area contributed by atoms with Crippen LogP contribution in [0.3, 0.4) is 0 Å². The Morgan fingerprint density at radius 3 is 2.59 bits per heavy atom. The zero-order valence-corrected chi connectivity index (χ0v) is 17.6. The Kier molecular flexibility index (Phi) is 7.54. The van der Waals surface area contributed by atoms with E-state index in [4.69, 9.17) is 0 Å². The van der Waals surface area contributed by atoms with E-state index < -0.39 is 0 Å². The molecular formula is C21H29N3O2S. The lowest BCUT2D eigenvalue weighted by atomic mass is 10.1. The Bertz CT molecular complexity index is 798. The van der Waals surface area contributed by atoms with E-state index in [9.17, 15) is 9.59 Å². The predicted octanol–water partition coefficient (Wildman–Crippen LogP) is 4.11. The molecule has 0 saturated heterocycles. The Balaban J connectivity index is 2.00. The van der Waals surface area contributed by atoms with Gasteiger partial charge in [0.15, 0.2) is 0 Å². The highest BCUT2D eigenvalue weighted by Crippen LogP contribution is 2.20. The number of carbonyl (C=O) groups excluding carboxylic acids is 2. The van der Waals surface area contributed by atoms with Gasteiger partial charge in [-0.3, -0.25) is 9.59 Å². The van der Waals surface area contributed by atoms with Crippen LogP contribution >= 0.6 is 11.3 Å². The number of amides is 2. The van der Waals surface area contributed by atoms with E-state index in [1.165, 1.54) is 11.3 Å². The smallest absolute Gasteiger partial charge is 0.263 e. The van der Waals surface area contributed by atoms with Crippen molar-refractivity contribution in [1.29, 1.82) is 0 Å². The fourth-order valence-electron chi connectivity index (χ4n) is 2.59. The first-order valence-electron chi connectivity index (χ1n) is 9.44. The molecule has 1 atom stereocenters. The molecule has 5 nitrogen and oxygen atoms in total. The van der Waals surface area contributed by atoms with Crippen molar-refractivity contribution >= 4 is 23.2 Å². The highest BCUT2D eigenvalue weighted by molar-refractivity contribution is 7.13. The number of thiazole rings is 1. The average Bonchev–Trinajstić information content (AvgIpc) is 2.99. The van der Waals surface area contributed by atoms with Crippen molar-refractivity contribution in [3.63, 3.8) is 0 Å². The second-order valence-electron chi connectivity index (χ2n) is 7.29. The topological polar surface area (TPSA) is 71.1 Å². The molecule has 0 aliphatic carbocycles. The van der Waals surface area contributed by atoms with E-state index in [2.05, 4.69) is 29.5 Å². The summed E-state index contributed by atoms with van der Waals surface area (Å²) in [6, 6.07) is 7.49. The molecule has 0 aliphatic heterocycles. The van der Waals surface area contributed by atoms with E-state index in [0.29, 0.717) is 22.9 Å². The van der Waals surface area contributed by atoms with Crippen LogP contribution in [0.5, 0.6) is 0 Å². The molecule has 0 fully saturated rings. The van der Waals surface area contributed by atoms with E-state index in [-0.39, 0.29) is 17.9 Å². The molecule has 0 saturated carbocycles. The van der Waals surface area contributed by atoms with Gasteiger partial charge in [0.05, 0.1) is 10.7 Å². The summed E-state index contributed by atoms with van der Waals surface area (Å²) in [7, 11) is 0. The Morgan fingerprint density at radius 2 is 1.93 bits per heavy atom. The van der Waals surface area contributed by atoms with Crippen LogP contribution in [0.1, 0.15) is 70.4 Å². The van der Waals surface area contributed by atoms with E-state index >= 15 is 0 Å². The average molecular weight is 388 g/mol. The molecule has 6 heteroatoms. The summed E-state index contributed by atoms with van der Waals surface area (Å²) in [4.78, 5) is 29.9. The molecule has 0 radical (unpaired) electrons. The lowest BCUT2D eigenvalue weighted by Crippen LogP contribution is -2.32. The molecule has 2 aromatic rings. The van der Waals surface area contributed by atoms with E-state index in [1.807, 2.05) is 39.0 Å². The molecule has 27 heavy (non-hydrogen) atoms. The number of hydrogen-bond donors (Lipinski definition) is 2. The van der Waals surface area contributed by atoms with Gasteiger partial charge in [-0.1, -0.05) is 32.9 Å². The molecule has 2 rings (SSSR count). The number of benzene rings is 1. The second-order valence-corrected chi connectivity index (χ2v) is 8.37. The second kappa shape index (κ2) is 9.65. The summed E-state index contributed by atoms with van der Waals surface area (Å²) in [5.74, 6) is 0.305. The predicted molar refractivity (Wildman–Crippen MR) is 110 cm³/mol. The summed E-state index contributed by atoms with van der Waals surface area (Å²) in [5, 5.41) is 6.89. The zero-order chi connectivity index (χ0) is 20.0. The Hall–Kier alpha value is -2.21. The maximum atomic E-state index is 12.5. The largest absolute Gasteiger partial charge is 0.350 e. The van der Waals surface area contributed by atoms with E-state index in [0.717, 1.165) is 29.1 Å². The number of rotatable bonds is 8. The van der Waals surface area contributed by atoms with Gasteiger partial charge < -0.3 is 10.6 Å². The van der Waals surface area contributed by atoms with Crippen LogP contribution < -0.4 is 10.6 Å². The number of aromatic nitrogens is 1. The molecule has 2 amide bonds. The summed E-state index contributed by atoms with van der Waals surface area (Å²) in [6.07, 6.45) is 1.76. The molecule has 146 valence electrons. The molecule has 1 unspecified atom stereocenters. The van der Waals surface area contributed by atoms with Gasteiger partial charge in [0, 0.05) is 24.6 Å². The highest BCUT2D eigenvalue weighted by Gasteiger charge is 2.16. The van der Waals surface area contributed by atoms with Crippen molar-refractivity contribution in [2.45, 2.75) is 60.0 Å². The molecule has 0 aliphatic rings. The molecule has 0 spiro atoms. The molecule has 2 N–H and O–H groups in total. The van der Waals surface area contributed by atoms with Gasteiger partial charge in [-0.05, 0) is 43.9 Å². The van der Waals surface area contributed by atoms with Gasteiger partial charge in [-0.15, -0.1) is 11.3 Å².